The zero-order valence-electron chi connectivity index (χ0n) is 12.2. The number of hydrogen-bond acceptors (Lipinski definition) is 3. The molecule has 5 heteroatoms. The number of hydrogen-bond donors (Lipinski definition) is 3. The molecule has 3 N–H and O–H groups in total. The number of benzene rings is 1. The fraction of sp³-hybridized carbons (Fsp3) is 0.375. The summed E-state index contributed by atoms with van der Waals surface area (Å²) < 4.78 is 0. The van der Waals surface area contributed by atoms with E-state index in [0.717, 1.165) is 24.1 Å². The van der Waals surface area contributed by atoms with E-state index in [-0.39, 0.29) is 24.3 Å². The first-order chi connectivity index (χ1) is 10.1. The predicted molar refractivity (Wildman–Crippen MR) is 84.2 cm³/mol. The first-order valence-corrected chi connectivity index (χ1v) is 7.13. The second-order valence-corrected chi connectivity index (χ2v) is 5.21. The zero-order chi connectivity index (χ0) is 15.2. The third-order valence-corrected chi connectivity index (χ3v) is 3.39. The highest BCUT2D eigenvalue weighted by molar-refractivity contribution is 5.97. The first-order valence-electron chi connectivity index (χ1n) is 7.13. The maximum atomic E-state index is 11.8. The summed E-state index contributed by atoms with van der Waals surface area (Å²) in [5.41, 5.74) is 2.33. The highest BCUT2D eigenvalue weighted by atomic mass is 16.2. The van der Waals surface area contributed by atoms with Crippen molar-refractivity contribution in [2.75, 3.05) is 23.7 Å². The summed E-state index contributed by atoms with van der Waals surface area (Å²) in [5, 5.41) is 8.70. The Morgan fingerprint density at radius 1 is 1.29 bits per heavy atom. The van der Waals surface area contributed by atoms with Gasteiger partial charge in [-0.05, 0) is 37.5 Å². The van der Waals surface area contributed by atoms with Gasteiger partial charge in [-0.2, -0.15) is 0 Å². The summed E-state index contributed by atoms with van der Waals surface area (Å²) in [5.74, 6) is 0.102. The molecular weight excluding hydrogens is 266 g/mol. The fourth-order valence-electron chi connectivity index (χ4n) is 1.97. The molecule has 0 bridgehead atoms. The van der Waals surface area contributed by atoms with Crippen LogP contribution >= 0.6 is 0 Å². The molecule has 2 amide bonds. The Bertz CT molecular complexity index is 550. The molecule has 5 nitrogen and oxygen atoms in total. The average molecular weight is 287 g/mol. The molecule has 112 valence electrons. The molecule has 21 heavy (non-hydrogen) atoms. The van der Waals surface area contributed by atoms with Gasteiger partial charge in [0.05, 0.1) is 6.54 Å². The van der Waals surface area contributed by atoms with Crippen molar-refractivity contribution in [1.82, 2.24) is 5.32 Å². The third kappa shape index (κ3) is 4.43. The lowest BCUT2D eigenvalue weighted by Gasteiger charge is -2.13. The number of carbonyl (C=O) groups excluding carboxylic acids is 2. The van der Waals surface area contributed by atoms with E-state index < -0.39 is 0 Å². The van der Waals surface area contributed by atoms with Gasteiger partial charge in [0.25, 0.3) is 0 Å². The summed E-state index contributed by atoms with van der Waals surface area (Å²) in [4.78, 5) is 23.6. The fourth-order valence-corrected chi connectivity index (χ4v) is 1.97. The summed E-state index contributed by atoms with van der Waals surface area (Å²) in [6.45, 7) is 6.28. The lowest BCUT2D eigenvalue weighted by molar-refractivity contribution is -0.117. The standard InChI is InChI=1S/C16H21N3O2/c1-3-9-17-10-15(20)18-13-5-4-6-14(11(13)2)19-16(21)12-7-8-12/h3-6,12,17H,1,7-10H2,2H3,(H,18,20)(H,19,21). The van der Waals surface area contributed by atoms with E-state index in [1.165, 1.54) is 0 Å². The van der Waals surface area contributed by atoms with E-state index in [1.807, 2.05) is 25.1 Å². The highest BCUT2D eigenvalue weighted by Crippen LogP contribution is 2.31. The molecule has 1 aromatic carbocycles. The van der Waals surface area contributed by atoms with Crippen LogP contribution in [0, 0.1) is 12.8 Å². The molecule has 0 aromatic heterocycles. The lowest BCUT2D eigenvalue weighted by atomic mass is 10.1. The molecule has 1 saturated carbocycles. The number of rotatable bonds is 7. The average Bonchev–Trinajstić information content (AvgIpc) is 3.28. The Morgan fingerprint density at radius 2 is 1.95 bits per heavy atom. The van der Waals surface area contributed by atoms with Gasteiger partial charge in [-0.1, -0.05) is 12.1 Å². The van der Waals surface area contributed by atoms with Crippen LogP contribution in [0.5, 0.6) is 0 Å². The molecule has 2 rings (SSSR count). The summed E-state index contributed by atoms with van der Waals surface area (Å²) in [7, 11) is 0. The number of carbonyl (C=O) groups is 2. The Morgan fingerprint density at radius 3 is 2.57 bits per heavy atom. The quantitative estimate of drug-likeness (QED) is 0.531. The number of amides is 2. The Balaban J connectivity index is 1.97. The normalized spacial score (nSPS) is 13.6. The van der Waals surface area contributed by atoms with Crippen molar-refractivity contribution in [2.45, 2.75) is 19.8 Å². The molecule has 0 atom stereocenters. The van der Waals surface area contributed by atoms with E-state index in [4.69, 9.17) is 0 Å². The van der Waals surface area contributed by atoms with Crippen LogP contribution in [0.15, 0.2) is 30.9 Å². The predicted octanol–water partition coefficient (Wildman–Crippen LogP) is 2.06. The smallest absolute Gasteiger partial charge is 0.238 e. The lowest BCUT2D eigenvalue weighted by Crippen LogP contribution is -2.28. The third-order valence-electron chi connectivity index (χ3n) is 3.39. The van der Waals surface area contributed by atoms with Gasteiger partial charge in [0.2, 0.25) is 11.8 Å². The van der Waals surface area contributed by atoms with Crippen LogP contribution < -0.4 is 16.0 Å². The molecule has 1 aliphatic rings. The van der Waals surface area contributed by atoms with Gasteiger partial charge in [-0.25, -0.2) is 0 Å². The van der Waals surface area contributed by atoms with Crippen LogP contribution in [0.2, 0.25) is 0 Å². The largest absolute Gasteiger partial charge is 0.326 e. The van der Waals surface area contributed by atoms with Crippen LogP contribution in [0.4, 0.5) is 11.4 Å². The van der Waals surface area contributed by atoms with Gasteiger partial charge in [-0.3, -0.25) is 9.59 Å². The summed E-state index contributed by atoms with van der Waals surface area (Å²) in [6, 6.07) is 5.50. The maximum Gasteiger partial charge on any atom is 0.238 e. The SMILES string of the molecule is C=CCNCC(=O)Nc1cccc(NC(=O)C2CC2)c1C. The maximum absolute atomic E-state index is 11.8. The molecule has 0 saturated heterocycles. The molecule has 1 aromatic rings. The Kier molecular flexibility index (Phi) is 5.11. The van der Waals surface area contributed by atoms with E-state index in [0.29, 0.717) is 12.2 Å². The Labute approximate surface area is 124 Å². The highest BCUT2D eigenvalue weighted by Gasteiger charge is 2.29. The van der Waals surface area contributed by atoms with Crippen LogP contribution in [-0.4, -0.2) is 24.9 Å². The first kappa shape index (κ1) is 15.3. The topological polar surface area (TPSA) is 70.2 Å². The molecule has 0 spiro atoms. The molecule has 0 heterocycles. The van der Waals surface area contributed by atoms with Crippen LogP contribution in [0.1, 0.15) is 18.4 Å². The van der Waals surface area contributed by atoms with Crippen molar-refractivity contribution in [1.29, 1.82) is 0 Å². The second-order valence-electron chi connectivity index (χ2n) is 5.21. The minimum absolute atomic E-state index is 0.0641. The van der Waals surface area contributed by atoms with E-state index >= 15 is 0 Å². The molecule has 0 unspecified atom stereocenters. The minimum Gasteiger partial charge on any atom is -0.326 e. The summed E-state index contributed by atoms with van der Waals surface area (Å²) in [6.07, 6.45) is 3.64. The molecule has 1 aliphatic carbocycles. The van der Waals surface area contributed by atoms with Crippen molar-refractivity contribution in [2.24, 2.45) is 5.92 Å². The summed E-state index contributed by atoms with van der Waals surface area (Å²) >= 11 is 0. The van der Waals surface area contributed by atoms with E-state index in [1.54, 1.807) is 6.08 Å². The molecule has 1 fully saturated rings. The van der Waals surface area contributed by atoms with Crippen molar-refractivity contribution in [3.8, 4) is 0 Å². The van der Waals surface area contributed by atoms with Crippen LogP contribution in [0.25, 0.3) is 0 Å². The van der Waals surface area contributed by atoms with Crippen molar-refractivity contribution < 1.29 is 9.59 Å². The van der Waals surface area contributed by atoms with Gasteiger partial charge in [-0.15, -0.1) is 6.58 Å². The molecule has 0 radical (unpaired) electrons. The number of anilines is 2. The van der Waals surface area contributed by atoms with Gasteiger partial charge < -0.3 is 16.0 Å². The Hall–Kier alpha value is -2.14. The zero-order valence-corrected chi connectivity index (χ0v) is 12.2. The van der Waals surface area contributed by atoms with Gasteiger partial charge >= 0.3 is 0 Å². The van der Waals surface area contributed by atoms with Crippen molar-refractivity contribution in [3.05, 3.63) is 36.4 Å². The van der Waals surface area contributed by atoms with Gasteiger partial charge in [0.15, 0.2) is 0 Å². The minimum atomic E-state index is -0.120. The molecular formula is C16H21N3O2. The number of nitrogens with one attached hydrogen (secondary N) is 3. The van der Waals surface area contributed by atoms with Crippen LogP contribution in [0.3, 0.4) is 0 Å². The van der Waals surface area contributed by atoms with Crippen molar-refractivity contribution >= 4 is 23.2 Å². The molecule has 0 aliphatic heterocycles. The van der Waals surface area contributed by atoms with Crippen molar-refractivity contribution in [3.63, 3.8) is 0 Å². The van der Waals surface area contributed by atoms with Crippen LogP contribution in [-0.2, 0) is 9.59 Å². The van der Waals surface area contributed by atoms with E-state index in [2.05, 4.69) is 22.5 Å². The van der Waals surface area contributed by atoms with Gasteiger partial charge in [0, 0.05) is 23.8 Å². The van der Waals surface area contributed by atoms with E-state index in [9.17, 15) is 9.59 Å². The second kappa shape index (κ2) is 7.04. The van der Waals surface area contributed by atoms with Gasteiger partial charge in [0.1, 0.15) is 0 Å². The monoisotopic (exact) mass is 287 g/mol.